The molecule has 2 rings (SSSR count). The van der Waals surface area contributed by atoms with Crippen molar-refractivity contribution < 1.29 is 9.26 Å². The van der Waals surface area contributed by atoms with E-state index >= 15 is 0 Å². The highest BCUT2D eigenvalue weighted by Crippen LogP contribution is 2.29. The molecule has 0 radical (unpaired) electrons. The van der Waals surface area contributed by atoms with Gasteiger partial charge in [-0.2, -0.15) is 4.98 Å². The van der Waals surface area contributed by atoms with Crippen LogP contribution in [0.25, 0.3) is 0 Å². The zero-order valence-electron chi connectivity index (χ0n) is 10.1. The van der Waals surface area contributed by atoms with Crippen molar-refractivity contribution in [3.8, 4) is 0 Å². The van der Waals surface area contributed by atoms with Gasteiger partial charge in [0.25, 0.3) is 0 Å². The highest BCUT2D eigenvalue weighted by atomic mass is 16.5. The number of ether oxygens (including phenoxy) is 1. The molecule has 0 spiro atoms. The lowest BCUT2D eigenvalue weighted by Crippen LogP contribution is -2.25. The first kappa shape index (κ1) is 11.5. The van der Waals surface area contributed by atoms with E-state index in [2.05, 4.69) is 22.4 Å². The van der Waals surface area contributed by atoms with E-state index < -0.39 is 0 Å². The van der Waals surface area contributed by atoms with Gasteiger partial charge in [-0.25, -0.2) is 0 Å². The van der Waals surface area contributed by atoms with Gasteiger partial charge in [0.15, 0.2) is 0 Å². The Morgan fingerprint density at radius 2 is 2.44 bits per heavy atom. The predicted molar refractivity (Wildman–Crippen MR) is 59.2 cm³/mol. The molecule has 1 aromatic heterocycles. The summed E-state index contributed by atoms with van der Waals surface area (Å²) in [5.41, 5.74) is -0.0166. The molecule has 0 bridgehead atoms. The molecule has 1 saturated heterocycles. The third-order valence-electron chi connectivity index (χ3n) is 3.27. The van der Waals surface area contributed by atoms with Gasteiger partial charge in [0.1, 0.15) is 6.10 Å². The minimum Gasteiger partial charge on any atom is -0.373 e. The van der Waals surface area contributed by atoms with E-state index in [1.54, 1.807) is 7.11 Å². The van der Waals surface area contributed by atoms with E-state index in [9.17, 15) is 0 Å². The molecule has 0 aromatic carbocycles. The van der Waals surface area contributed by atoms with Gasteiger partial charge < -0.3 is 14.6 Å². The molecule has 1 aliphatic heterocycles. The molecule has 16 heavy (non-hydrogen) atoms. The third kappa shape index (κ3) is 1.97. The van der Waals surface area contributed by atoms with E-state index in [0.29, 0.717) is 5.82 Å². The van der Waals surface area contributed by atoms with Crippen LogP contribution < -0.4 is 5.32 Å². The van der Waals surface area contributed by atoms with Crippen molar-refractivity contribution in [2.45, 2.75) is 38.2 Å². The lowest BCUT2D eigenvalue weighted by molar-refractivity contribution is 0.0903. The van der Waals surface area contributed by atoms with Crippen LogP contribution in [0, 0.1) is 0 Å². The van der Waals surface area contributed by atoms with Gasteiger partial charge in [-0.3, -0.25) is 0 Å². The summed E-state index contributed by atoms with van der Waals surface area (Å²) in [7, 11) is 1.67. The smallest absolute Gasteiger partial charge is 0.234 e. The van der Waals surface area contributed by atoms with Gasteiger partial charge in [-0.05, 0) is 26.3 Å². The van der Waals surface area contributed by atoms with Crippen molar-refractivity contribution in [1.82, 2.24) is 15.5 Å². The van der Waals surface area contributed by atoms with E-state index in [4.69, 9.17) is 9.26 Å². The van der Waals surface area contributed by atoms with Gasteiger partial charge >= 0.3 is 0 Å². The van der Waals surface area contributed by atoms with Crippen molar-refractivity contribution >= 4 is 0 Å². The zero-order valence-corrected chi connectivity index (χ0v) is 10.1. The van der Waals surface area contributed by atoms with Crippen LogP contribution in [0.5, 0.6) is 0 Å². The third-order valence-corrected chi connectivity index (χ3v) is 3.27. The number of hydrogen-bond acceptors (Lipinski definition) is 5. The van der Waals surface area contributed by atoms with E-state index in [1.807, 2.05) is 6.92 Å². The first-order valence-electron chi connectivity index (χ1n) is 5.77. The minimum absolute atomic E-state index is 0.0166. The summed E-state index contributed by atoms with van der Waals surface area (Å²) in [6.45, 7) is 6.11. The molecule has 5 nitrogen and oxygen atoms in total. The Hall–Kier alpha value is -0.940. The molecule has 1 aromatic rings. The van der Waals surface area contributed by atoms with Crippen LogP contribution in [-0.2, 0) is 10.2 Å². The Bertz CT molecular complexity index is 341. The minimum atomic E-state index is -0.0598. The average molecular weight is 225 g/mol. The second-order valence-corrected chi connectivity index (χ2v) is 4.58. The van der Waals surface area contributed by atoms with Crippen molar-refractivity contribution in [2.24, 2.45) is 0 Å². The lowest BCUT2D eigenvalue weighted by Gasteiger charge is -2.16. The van der Waals surface area contributed by atoms with Crippen LogP contribution in [0.4, 0.5) is 0 Å². The molecule has 2 heterocycles. The summed E-state index contributed by atoms with van der Waals surface area (Å²) in [5, 5.41) is 7.33. The molecule has 1 aliphatic rings. The normalized spacial score (nSPS) is 27.2. The molecule has 90 valence electrons. The van der Waals surface area contributed by atoms with Crippen LogP contribution in [0.3, 0.4) is 0 Å². The average Bonchev–Trinajstić information content (AvgIpc) is 2.90. The van der Waals surface area contributed by atoms with E-state index in [-0.39, 0.29) is 11.5 Å². The molecule has 2 unspecified atom stereocenters. The van der Waals surface area contributed by atoms with Crippen LogP contribution in [-0.4, -0.2) is 30.3 Å². The Balaban J connectivity index is 2.18. The Labute approximate surface area is 95.6 Å². The maximum Gasteiger partial charge on any atom is 0.234 e. The largest absolute Gasteiger partial charge is 0.373 e. The molecule has 1 N–H and O–H groups in total. The van der Waals surface area contributed by atoms with Gasteiger partial charge in [-0.15, -0.1) is 0 Å². The number of aromatic nitrogens is 2. The Kier molecular flexibility index (Phi) is 3.25. The number of nitrogens with zero attached hydrogens (tertiary/aromatic N) is 2. The van der Waals surface area contributed by atoms with Crippen molar-refractivity contribution in [2.75, 3.05) is 20.2 Å². The topological polar surface area (TPSA) is 60.2 Å². The standard InChI is InChI=1S/C11H19N3O2/c1-4-8(15-3)9-13-10(16-14-9)11(2)5-6-12-7-11/h8,12H,4-7H2,1-3H3. The van der Waals surface area contributed by atoms with Crippen LogP contribution in [0.1, 0.15) is 44.5 Å². The molecule has 1 fully saturated rings. The fraction of sp³-hybridized carbons (Fsp3) is 0.818. The molecular formula is C11H19N3O2. The van der Waals surface area contributed by atoms with Crippen LogP contribution in [0.15, 0.2) is 4.52 Å². The van der Waals surface area contributed by atoms with Crippen LogP contribution in [0.2, 0.25) is 0 Å². The summed E-state index contributed by atoms with van der Waals surface area (Å²) >= 11 is 0. The summed E-state index contributed by atoms with van der Waals surface area (Å²) in [4.78, 5) is 4.46. The van der Waals surface area contributed by atoms with Gasteiger partial charge in [0.05, 0.1) is 5.41 Å². The molecule has 0 amide bonds. The quantitative estimate of drug-likeness (QED) is 0.839. The lowest BCUT2D eigenvalue weighted by atomic mass is 9.90. The van der Waals surface area contributed by atoms with E-state index in [0.717, 1.165) is 31.8 Å². The Morgan fingerprint density at radius 3 is 3.00 bits per heavy atom. The second-order valence-electron chi connectivity index (χ2n) is 4.58. The fourth-order valence-corrected chi connectivity index (χ4v) is 2.06. The predicted octanol–water partition coefficient (Wildman–Crippen LogP) is 1.42. The first-order chi connectivity index (χ1) is 7.69. The SMILES string of the molecule is CCC(OC)c1noc(C2(C)CCNC2)n1. The number of rotatable bonds is 4. The van der Waals surface area contributed by atoms with Crippen molar-refractivity contribution in [3.63, 3.8) is 0 Å². The highest BCUT2D eigenvalue weighted by molar-refractivity contribution is 5.08. The first-order valence-corrected chi connectivity index (χ1v) is 5.77. The van der Waals surface area contributed by atoms with Gasteiger partial charge in [0, 0.05) is 13.7 Å². The molecule has 0 saturated carbocycles. The molecule has 0 aliphatic carbocycles. The number of methoxy groups -OCH3 is 1. The molecule has 2 atom stereocenters. The highest BCUT2D eigenvalue weighted by Gasteiger charge is 2.36. The summed E-state index contributed by atoms with van der Waals surface area (Å²) in [5.74, 6) is 1.39. The summed E-state index contributed by atoms with van der Waals surface area (Å²) in [6.07, 6.45) is 1.83. The monoisotopic (exact) mass is 225 g/mol. The number of hydrogen-bond donors (Lipinski definition) is 1. The van der Waals surface area contributed by atoms with Crippen molar-refractivity contribution in [3.05, 3.63) is 11.7 Å². The maximum absolute atomic E-state index is 5.36. The van der Waals surface area contributed by atoms with Crippen LogP contribution >= 0.6 is 0 Å². The summed E-state index contributed by atoms with van der Waals surface area (Å²) in [6, 6.07) is 0. The fourth-order valence-electron chi connectivity index (χ4n) is 2.06. The molecule has 5 heteroatoms. The number of nitrogens with one attached hydrogen (secondary N) is 1. The summed E-state index contributed by atoms with van der Waals surface area (Å²) < 4.78 is 10.6. The second kappa shape index (κ2) is 4.51. The Morgan fingerprint density at radius 1 is 1.62 bits per heavy atom. The molecular weight excluding hydrogens is 206 g/mol. The zero-order chi connectivity index (χ0) is 11.6. The van der Waals surface area contributed by atoms with Gasteiger partial charge in [-0.1, -0.05) is 12.1 Å². The van der Waals surface area contributed by atoms with Gasteiger partial charge in [0.2, 0.25) is 11.7 Å². The maximum atomic E-state index is 5.36. The van der Waals surface area contributed by atoms with Crippen molar-refractivity contribution in [1.29, 1.82) is 0 Å². The van der Waals surface area contributed by atoms with E-state index in [1.165, 1.54) is 0 Å².